The third kappa shape index (κ3) is 6.14. The molecule has 0 aromatic heterocycles. The van der Waals surface area contributed by atoms with E-state index in [1.165, 1.54) is 19.4 Å². The topological polar surface area (TPSA) is 71.1 Å². The van der Waals surface area contributed by atoms with E-state index in [0.29, 0.717) is 6.61 Å². The number of rotatable bonds is 7. The van der Waals surface area contributed by atoms with Crippen LogP contribution in [-0.4, -0.2) is 43.7 Å². The summed E-state index contributed by atoms with van der Waals surface area (Å²) in [6.45, 7) is 3.11. The molecule has 6 heteroatoms. The Balaban J connectivity index is 1.86. The summed E-state index contributed by atoms with van der Waals surface area (Å²) in [6.07, 6.45) is 2.40. The molecule has 2 rings (SSSR count). The number of esters is 2. The highest BCUT2D eigenvalue weighted by Crippen LogP contribution is 2.18. The monoisotopic (exact) mass is 334 g/mol. The summed E-state index contributed by atoms with van der Waals surface area (Å²) < 4.78 is 21.5. The molecule has 0 fully saturated rings. The minimum absolute atomic E-state index is 0.00380. The molecule has 1 aromatic carbocycles. The molecule has 0 bridgehead atoms. The Kier molecular flexibility index (Phi) is 6.96. The zero-order valence-corrected chi connectivity index (χ0v) is 13.8. The smallest absolute Gasteiger partial charge is 0.303 e. The first kappa shape index (κ1) is 18.2. The average Bonchev–Trinajstić information content (AvgIpc) is 2.55. The molecule has 130 valence electrons. The number of ether oxygens (including phenoxy) is 4. The quantitative estimate of drug-likeness (QED) is 0.561. The highest BCUT2D eigenvalue weighted by Gasteiger charge is 2.30. The fraction of sp³-hybridized carbons (Fsp3) is 0.444. The van der Waals surface area contributed by atoms with Crippen LogP contribution in [0.15, 0.2) is 42.5 Å². The van der Waals surface area contributed by atoms with Gasteiger partial charge in [0.2, 0.25) is 0 Å². The van der Waals surface area contributed by atoms with Crippen molar-refractivity contribution >= 4 is 11.9 Å². The molecule has 0 spiro atoms. The summed E-state index contributed by atoms with van der Waals surface area (Å²) in [5, 5.41) is 0. The van der Waals surface area contributed by atoms with Crippen LogP contribution in [0.5, 0.6) is 0 Å². The van der Waals surface area contributed by atoms with Crippen LogP contribution < -0.4 is 0 Å². The number of carbonyl (C=O) groups is 2. The molecular formula is C18H22O6. The predicted molar refractivity (Wildman–Crippen MR) is 86.1 cm³/mol. The van der Waals surface area contributed by atoms with Gasteiger partial charge in [0.1, 0.15) is 18.8 Å². The first-order valence-electron chi connectivity index (χ1n) is 7.84. The average molecular weight is 334 g/mol. The molecule has 0 N–H and O–H groups in total. The number of benzene rings is 1. The molecule has 3 atom stereocenters. The number of hydrogen-bond donors (Lipinski definition) is 0. The summed E-state index contributed by atoms with van der Waals surface area (Å²) in [5.74, 6) is -0.846. The zero-order chi connectivity index (χ0) is 17.4. The van der Waals surface area contributed by atoms with E-state index < -0.39 is 30.4 Å². The van der Waals surface area contributed by atoms with E-state index in [0.717, 1.165) is 6.42 Å². The van der Waals surface area contributed by atoms with Crippen LogP contribution >= 0.6 is 0 Å². The van der Waals surface area contributed by atoms with Crippen molar-refractivity contribution in [1.29, 1.82) is 0 Å². The molecule has 3 unspecified atom stereocenters. The van der Waals surface area contributed by atoms with Crippen molar-refractivity contribution in [1.82, 2.24) is 0 Å². The number of carbonyl (C=O) groups excluding carboxylic acids is 2. The van der Waals surface area contributed by atoms with Crippen LogP contribution in [0, 0.1) is 0 Å². The molecule has 24 heavy (non-hydrogen) atoms. The van der Waals surface area contributed by atoms with E-state index in [1.807, 2.05) is 30.3 Å². The van der Waals surface area contributed by atoms with Crippen LogP contribution in [0.3, 0.4) is 0 Å². The second-order valence-corrected chi connectivity index (χ2v) is 5.41. The lowest BCUT2D eigenvalue weighted by atomic mass is 10.1. The maximum Gasteiger partial charge on any atom is 0.303 e. The van der Waals surface area contributed by atoms with Gasteiger partial charge < -0.3 is 18.9 Å². The Hall–Kier alpha value is -2.18. The fourth-order valence-corrected chi connectivity index (χ4v) is 2.29. The minimum atomic E-state index is -0.601. The van der Waals surface area contributed by atoms with Gasteiger partial charge in [-0.15, -0.1) is 0 Å². The van der Waals surface area contributed by atoms with Gasteiger partial charge in [-0.1, -0.05) is 30.3 Å². The fourth-order valence-electron chi connectivity index (χ4n) is 2.29. The maximum absolute atomic E-state index is 11.2. The van der Waals surface area contributed by atoms with E-state index in [-0.39, 0.29) is 6.61 Å². The van der Waals surface area contributed by atoms with Gasteiger partial charge in [0.25, 0.3) is 0 Å². The molecule has 1 heterocycles. The van der Waals surface area contributed by atoms with E-state index in [9.17, 15) is 9.59 Å². The van der Waals surface area contributed by atoms with Crippen molar-refractivity contribution in [2.24, 2.45) is 0 Å². The first-order valence-corrected chi connectivity index (χ1v) is 7.84. The van der Waals surface area contributed by atoms with Crippen LogP contribution in [0.2, 0.25) is 0 Å². The van der Waals surface area contributed by atoms with Gasteiger partial charge in [0.15, 0.2) is 6.29 Å². The molecular weight excluding hydrogens is 312 g/mol. The van der Waals surface area contributed by atoms with E-state index in [1.54, 1.807) is 12.2 Å². The van der Waals surface area contributed by atoms with Crippen molar-refractivity contribution < 1.29 is 28.5 Å². The summed E-state index contributed by atoms with van der Waals surface area (Å²) in [5.41, 5.74) is 1.17. The lowest BCUT2D eigenvalue weighted by molar-refractivity contribution is -0.196. The first-order chi connectivity index (χ1) is 11.5. The largest absolute Gasteiger partial charge is 0.463 e. The Bertz CT molecular complexity index is 568. The highest BCUT2D eigenvalue weighted by molar-refractivity contribution is 5.66. The van der Waals surface area contributed by atoms with Gasteiger partial charge in [-0.3, -0.25) is 9.59 Å². The third-order valence-corrected chi connectivity index (χ3v) is 3.40. The molecule has 0 amide bonds. The van der Waals surface area contributed by atoms with Crippen molar-refractivity contribution in [3.05, 3.63) is 48.0 Å². The second-order valence-electron chi connectivity index (χ2n) is 5.41. The second kappa shape index (κ2) is 9.20. The molecule has 0 saturated carbocycles. The zero-order valence-electron chi connectivity index (χ0n) is 13.8. The van der Waals surface area contributed by atoms with Gasteiger partial charge in [-0.05, 0) is 24.1 Å². The molecule has 0 saturated heterocycles. The minimum Gasteiger partial charge on any atom is -0.463 e. The van der Waals surface area contributed by atoms with Crippen LogP contribution in [-0.2, 0) is 35.0 Å². The van der Waals surface area contributed by atoms with Crippen molar-refractivity contribution in [2.45, 2.75) is 38.8 Å². The van der Waals surface area contributed by atoms with E-state index >= 15 is 0 Å². The summed E-state index contributed by atoms with van der Waals surface area (Å²) in [4.78, 5) is 22.1. The maximum atomic E-state index is 11.2. The van der Waals surface area contributed by atoms with Gasteiger partial charge in [0, 0.05) is 13.8 Å². The Morgan fingerprint density at radius 1 is 1.08 bits per heavy atom. The predicted octanol–water partition coefficient (Wildman–Crippen LogP) is 2.02. The molecule has 1 aliphatic rings. The summed E-state index contributed by atoms with van der Waals surface area (Å²) in [6, 6.07) is 9.98. The number of hydrogen-bond acceptors (Lipinski definition) is 6. The molecule has 0 aliphatic carbocycles. The van der Waals surface area contributed by atoms with Crippen molar-refractivity contribution in [3.63, 3.8) is 0 Å². The lowest BCUT2D eigenvalue weighted by Gasteiger charge is -2.31. The van der Waals surface area contributed by atoms with E-state index in [2.05, 4.69) is 0 Å². The molecule has 1 aliphatic heterocycles. The summed E-state index contributed by atoms with van der Waals surface area (Å²) >= 11 is 0. The Morgan fingerprint density at radius 2 is 1.83 bits per heavy atom. The SMILES string of the molecule is CC(=O)OCC1OC(OCCc2ccccc2)C=CC1OC(C)=O. The highest BCUT2D eigenvalue weighted by atomic mass is 16.7. The van der Waals surface area contributed by atoms with Gasteiger partial charge in [0.05, 0.1) is 6.61 Å². The Morgan fingerprint density at radius 3 is 2.50 bits per heavy atom. The van der Waals surface area contributed by atoms with Crippen LogP contribution in [0.4, 0.5) is 0 Å². The van der Waals surface area contributed by atoms with Crippen LogP contribution in [0.1, 0.15) is 19.4 Å². The normalized spacial score (nSPS) is 22.8. The van der Waals surface area contributed by atoms with Crippen molar-refractivity contribution in [3.8, 4) is 0 Å². The Labute approximate surface area is 141 Å². The van der Waals surface area contributed by atoms with E-state index in [4.69, 9.17) is 18.9 Å². The standard InChI is InChI=1S/C18H22O6/c1-13(19)22-12-17-16(23-14(2)20)8-9-18(24-17)21-11-10-15-6-4-3-5-7-15/h3-9,16-18H,10-12H2,1-2H3. The third-order valence-electron chi connectivity index (χ3n) is 3.40. The van der Waals surface area contributed by atoms with Gasteiger partial charge in [-0.25, -0.2) is 0 Å². The molecule has 0 radical (unpaired) electrons. The van der Waals surface area contributed by atoms with Gasteiger partial charge in [-0.2, -0.15) is 0 Å². The molecule has 1 aromatic rings. The molecule has 6 nitrogen and oxygen atoms in total. The summed E-state index contributed by atoms with van der Waals surface area (Å²) in [7, 11) is 0. The lowest BCUT2D eigenvalue weighted by Crippen LogP contribution is -2.42. The van der Waals surface area contributed by atoms with Gasteiger partial charge >= 0.3 is 11.9 Å². The van der Waals surface area contributed by atoms with Crippen LogP contribution in [0.25, 0.3) is 0 Å². The van der Waals surface area contributed by atoms with Crippen molar-refractivity contribution in [2.75, 3.05) is 13.2 Å².